The van der Waals surface area contributed by atoms with E-state index in [2.05, 4.69) is 14.9 Å². The molecule has 3 aromatic rings. The standard InChI is InChI=1S/C19H25N5O3S/c1-13-8-16-17(23(3)19(25)22(16)2)9-15(13)18-10-20-12-24(18)6-5-21-14-4-7-28(26,27)11-14/h8-10,12,14,21H,4-7,11H2,1-3H3/t14-/m0/s1. The van der Waals surface area contributed by atoms with E-state index in [1.165, 1.54) is 0 Å². The van der Waals surface area contributed by atoms with Crippen molar-refractivity contribution < 1.29 is 8.42 Å². The van der Waals surface area contributed by atoms with Crippen molar-refractivity contribution >= 4 is 20.9 Å². The minimum Gasteiger partial charge on any atom is -0.329 e. The maximum atomic E-state index is 12.2. The van der Waals surface area contributed by atoms with Gasteiger partial charge in [-0.05, 0) is 31.0 Å². The summed E-state index contributed by atoms with van der Waals surface area (Å²) in [6.07, 6.45) is 4.29. The molecule has 1 aliphatic heterocycles. The molecular weight excluding hydrogens is 378 g/mol. The Bertz CT molecular complexity index is 1200. The van der Waals surface area contributed by atoms with Crippen LogP contribution in [0.1, 0.15) is 12.0 Å². The Kier molecular flexibility index (Phi) is 4.67. The fourth-order valence-electron chi connectivity index (χ4n) is 3.99. The zero-order chi connectivity index (χ0) is 20.1. The lowest BCUT2D eigenvalue weighted by Crippen LogP contribution is -2.32. The minimum atomic E-state index is -2.87. The van der Waals surface area contributed by atoms with E-state index in [-0.39, 0.29) is 23.2 Å². The van der Waals surface area contributed by atoms with Crippen LogP contribution < -0.4 is 11.0 Å². The van der Waals surface area contributed by atoms with Gasteiger partial charge in [0, 0.05) is 38.8 Å². The highest BCUT2D eigenvalue weighted by Crippen LogP contribution is 2.27. The molecule has 0 radical (unpaired) electrons. The number of nitrogens with one attached hydrogen (secondary N) is 1. The first-order valence-corrected chi connectivity index (χ1v) is 11.2. The summed E-state index contributed by atoms with van der Waals surface area (Å²) in [7, 11) is 0.685. The summed E-state index contributed by atoms with van der Waals surface area (Å²) in [6.45, 7) is 3.40. The molecule has 1 aliphatic rings. The predicted octanol–water partition coefficient (Wildman–Crippen LogP) is 0.826. The second kappa shape index (κ2) is 6.89. The van der Waals surface area contributed by atoms with Crippen LogP contribution in [-0.4, -0.2) is 51.2 Å². The first-order valence-electron chi connectivity index (χ1n) is 9.37. The minimum absolute atomic E-state index is 0.0360. The van der Waals surface area contributed by atoms with Crippen LogP contribution in [-0.2, 0) is 30.5 Å². The summed E-state index contributed by atoms with van der Waals surface area (Å²) >= 11 is 0. The summed E-state index contributed by atoms with van der Waals surface area (Å²) in [6, 6.07) is 4.11. The van der Waals surface area contributed by atoms with E-state index in [0.29, 0.717) is 19.5 Å². The van der Waals surface area contributed by atoms with E-state index in [4.69, 9.17) is 0 Å². The van der Waals surface area contributed by atoms with Crippen LogP contribution >= 0.6 is 0 Å². The second-order valence-corrected chi connectivity index (χ2v) is 9.81. The molecule has 1 saturated heterocycles. The van der Waals surface area contributed by atoms with Crippen LogP contribution in [0.15, 0.2) is 29.5 Å². The van der Waals surface area contributed by atoms with Crippen molar-refractivity contribution in [3.63, 3.8) is 0 Å². The van der Waals surface area contributed by atoms with Crippen LogP contribution in [0.2, 0.25) is 0 Å². The Morgan fingerprint density at radius 1 is 1.21 bits per heavy atom. The van der Waals surface area contributed by atoms with E-state index in [1.54, 1.807) is 29.6 Å². The van der Waals surface area contributed by atoms with Gasteiger partial charge in [-0.2, -0.15) is 0 Å². The highest BCUT2D eigenvalue weighted by Gasteiger charge is 2.27. The van der Waals surface area contributed by atoms with Crippen molar-refractivity contribution in [2.45, 2.75) is 25.9 Å². The molecule has 2 aromatic heterocycles. The lowest BCUT2D eigenvalue weighted by atomic mass is 10.0. The number of rotatable bonds is 5. The number of hydrogen-bond donors (Lipinski definition) is 1. The molecule has 0 saturated carbocycles. The maximum Gasteiger partial charge on any atom is 0.328 e. The zero-order valence-electron chi connectivity index (χ0n) is 16.3. The van der Waals surface area contributed by atoms with Gasteiger partial charge in [0.05, 0.1) is 40.8 Å². The maximum absolute atomic E-state index is 12.2. The fourth-order valence-corrected chi connectivity index (χ4v) is 5.70. The van der Waals surface area contributed by atoms with Crippen molar-refractivity contribution in [2.24, 2.45) is 14.1 Å². The molecular formula is C19H25N5O3S. The van der Waals surface area contributed by atoms with Crippen LogP contribution in [0.4, 0.5) is 0 Å². The van der Waals surface area contributed by atoms with Crippen molar-refractivity contribution in [1.29, 1.82) is 0 Å². The highest BCUT2D eigenvalue weighted by molar-refractivity contribution is 7.91. The van der Waals surface area contributed by atoms with Gasteiger partial charge in [-0.15, -0.1) is 0 Å². The second-order valence-electron chi connectivity index (χ2n) is 7.58. The molecule has 0 bridgehead atoms. The molecule has 1 aromatic carbocycles. The van der Waals surface area contributed by atoms with E-state index in [1.807, 2.05) is 25.3 Å². The number of aryl methyl sites for hydroxylation is 3. The average Bonchev–Trinajstić information content (AvgIpc) is 3.30. The van der Waals surface area contributed by atoms with E-state index in [0.717, 1.165) is 27.9 Å². The Balaban J connectivity index is 1.58. The van der Waals surface area contributed by atoms with Gasteiger partial charge >= 0.3 is 5.69 Å². The number of hydrogen-bond acceptors (Lipinski definition) is 5. The molecule has 1 fully saturated rings. The molecule has 4 rings (SSSR count). The molecule has 0 spiro atoms. The number of fused-ring (bicyclic) bond motifs is 1. The molecule has 3 heterocycles. The van der Waals surface area contributed by atoms with Crippen molar-refractivity contribution in [2.75, 3.05) is 18.1 Å². The molecule has 150 valence electrons. The number of imidazole rings is 2. The molecule has 28 heavy (non-hydrogen) atoms. The Morgan fingerprint density at radius 3 is 2.61 bits per heavy atom. The van der Waals surface area contributed by atoms with Gasteiger partial charge in [0.15, 0.2) is 9.84 Å². The molecule has 0 unspecified atom stereocenters. The molecule has 1 N–H and O–H groups in total. The number of benzene rings is 1. The van der Waals surface area contributed by atoms with Crippen molar-refractivity contribution in [1.82, 2.24) is 24.0 Å². The summed E-state index contributed by atoms with van der Waals surface area (Å²) in [4.78, 5) is 16.5. The van der Waals surface area contributed by atoms with Crippen LogP contribution in [0, 0.1) is 6.92 Å². The Hall–Kier alpha value is -2.39. The van der Waals surface area contributed by atoms with Crippen LogP contribution in [0.5, 0.6) is 0 Å². The molecule has 0 amide bonds. The van der Waals surface area contributed by atoms with Crippen molar-refractivity contribution in [3.8, 4) is 11.3 Å². The molecule has 0 aliphatic carbocycles. The van der Waals surface area contributed by atoms with Crippen molar-refractivity contribution in [3.05, 3.63) is 40.7 Å². The average molecular weight is 404 g/mol. The number of nitrogens with zero attached hydrogens (tertiary/aromatic N) is 4. The summed E-state index contributed by atoms with van der Waals surface area (Å²) < 4.78 is 28.5. The van der Waals surface area contributed by atoms with Gasteiger partial charge in [-0.25, -0.2) is 18.2 Å². The number of aromatic nitrogens is 4. The third-order valence-corrected chi connectivity index (χ3v) is 7.39. The predicted molar refractivity (Wildman–Crippen MR) is 109 cm³/mol. The van der Waals surface area contributed by atoms with E-state index in [9.17, 15) is 13.2 Å². The third kappa shape index (κ3) is 3.29. The van der Waals surface area contributed by atoms with Gasteiger partial charge in [0.2, 0.25) is 0 Å². The molecule has 1 atom stereocenters. The first kappa shape index (κ1) is 18.9. The van der Waals surface area contributed by atoms with Gasteiger partial charge in [0.25, 0.3) is 0 Å². The molecule has 8 nitrogen and oxygen atoms in total. The smallest absolute Gasteiger partial charge is 0.328 e. The topological polar surface area (TPSA) is 90.9 Å². The largest absolute Gasteiger partial charge is 0.329 e. The van der Waals surface area contributed by atoms with Crippen LogP contribution in [0.25, 0.3) is 22.3 Å². The summed E-state index contributed by atoms with van der Waals surface area (Å²) in [5, 5.41) is 3.34. The zero-order valence-corrected chi connectivity index (χ0v) is 17.2. The SMILES string of the molecule is Cc1cc2c(cc1-c1cncn1CCN[C@H]1CCS(=O)(=O)C1)n(C)c(=O)n2C. The summed E-state index contributed by atoms with van der Waals surface area (Å²) in [5.74, 6) is 0.498. The van der Waals surface area contributed by atoms with Gasteiger partial charge in [0.1, 0.15) is 0 Å². The van der Waals surface area contributed by atoms with E-state index < -0.39 is 9.84 Å². The third-order valence-electron chi connectivity index (χ3n) is 5.62. The summed E-state index contributed by atoms with van der Waals surface area (Å²) in [5.41, 5.74) is 4.84. The van der Waals surface area contributed by atoms with E-state index >= 15 is 0 Å². The Morgan fingerprint density at radius 2 is 1.93 bits per heavy atom. The normalized spacial score (nSPS) is 18.9. The highest BCUT2D eigenvalue weighted by atomic mass is 32.2. The number of sulfone groups is 1. The van der Waals surface area contributed by atoms with Crippen LogP contribution in [0.3, 0.4) is 0 Å². The van der Waals surface area contributed by atoms with Gasteiger partial charge < -0.3 is 9.88 Å². The van der Waals surface area contributed by atoms with Gasteiger partial charge in [-0.3, -0.25) is 9.13 Å². The monoisotopic (exact) mass is 403 g/mol. The first-order chi connectivity index (χ1) is 13.3. The molecule has 9 heteroatoms. The lowest BCUT2D eigenvalue weighted by Gasteiger charge is -2.14. The quantitative estimate of drug-likeness (QED) is 0.681. The fraction of sp³-hybridized carbons (Fsp3) is 0.474. The lowest BCUT2D eigenvalue weighted by molar-refractivity contribution is 0.521. The van der Waals surface area contributed by atoms with Gasteiger partial charge in [-0.1, -0.05) is 0 Å². The Labute approximate surface area is 163 Å².